The maximum Gasteiger partial charge on any atom is 0.293 e. The highest BCUT2D eigenvalue weighted by atomic mass is 32.2. The van der Waals surface area contributed by atoms with Crippen molar-refractivity contribution in [2.75, 3.05) is 25.0 Å². The second-order valence-electron chi connectivity index (χ2n) is 6.79. The Kier molecular flexibility index (Phi) is 5.20. The van der Waals surface area contributed by atoms with Gasteiger partial charge in [0.2, 0.25) is 5.09 Å². The minimum atomic E-state index is -3.68. The number of nitrogens with zero attached hydrogens (tertiary/aromatic N) is 2. The average molecular weight is 376 g/mol. The molecule has 7 heteroatoms. The van der Waals surface area contributed by atoms with Gasteiger partial charge in [-0.2, -0.15) is 4.31 Å². The Balaban J connectivity index is 1.83. The summed E-state index contributed by atoms with van der Waals surface area (Å²) in [5.41, 5.74) is 2.84. The molecule has 26 heavy (non-hydrogen) atoms. The molecule has 6 nitrogen and oxygen atoms in total. The standard InChI is InChI=1S/C19H24N2O4S/c1-14-11-15(2)13-16(12-14)20(3)19(22)17-7-8-18(25-17)26(23,24)21-9-5-4-6-10-21/h7-8,11-13H,4-6,9-10H2,1-3H3. The molecule has 0 radical (unpaired) electrons. The van der Waals surface area contributed by atoms with E-state index in [0.717, 1.165) is 36.1 Å². The highest BCUT2D eigenvalue weighted by Crippen LogP contribution is 2.24. The molecule has 0 N–H and O–H groups in total. The Hall–Kier alpha value is -2.12. The van der Waals surface area contributed by atoms with E-state index in [-0.39, 0.29) is 16.8 Å². The van der Waals surface area contributed by atoms with E-state index in [1.807, 2.05) is 32.0 Å². The van der Waals surface area contributed by atoms with Crippen LogP contribution in [0.15, 0.2) is 39.8 Å². The molecule has 1 fully saturated rings. The molecular formula is C19H24N2O4S. The van der Waals surface area contributed by atoms with E-state index in [1.54, 1.807) is 7.05 Å². The largest absolute Gasteiger partial charge is 0.438 e. The van der Waals surface area contributed by atoms with E-state index < -0.39 is 10.0 Å². The Morgan fingerprint density at radius 3 is 2.27 bits per heavy atom. The summed E-state index contributed by atoms with van der Waals surface area (Å²) in [6.07, 6.45) is 2.73. The molecule has 1 aliphatic rings. The Morgan fingerprint density at radius 2 is 1.65 bits per heavy atom. The molecule has 0 saturated carbocycles. The first-order valence-corrected chi connectivity index (χ1v) is 10.2. The number of piperidine rings is 1. The van der Waals surface area contributed by atoms with E-state index in [9.17, 15) is 13.2 Å². The van der Waals surface area contributed by atoms with Gasteiger partial charge in [0.15, 0.2) is 5.76 Å². The summed E-state index contributed by atoms with van der Waals surface area (Å²) in [4.78, 5) is 14.2. The van der Waals surface area contributed by atoms with Crippen molar-refractivity contribution in [2.24, 2.45) is 0 Å². The highest BCUT2D eigenvalue weighted by molar-refractivity contribution is 7.89. The van der Waals surface area contributed by atoms with Gasteiger partial charge in [0.1, 0.15) is 0 Å². The fourth-order valence-corrected chi connectivity index (χ4v) is 4.66. The molecule has 1 saturated heterocycles. The number of carbonyl (C=O) groups is 1. The van der Waals surface area contributed by atoms with Crippen LogP contribution in [0.1, 0.15) is 40.9 Å². The summed E-state index contributed by atoms with van der Waals surface area (Å²) in [6, 6.07) is 8.63. The van der Waals surface area contributed by atoms with Gasteiger partial charge in [-0.1, -0.05) is 12.5 Å². The zero-order chi connectivity index (χ0) is 18.9. The lowest BCUT2D eigenvalue weighted by atomic mass is 10.1. The number of hydrogen-bond donors (Lipinski definition) is 0. The van der Waals surface area contributed by atoms with Crippen molar-refractivity contribution in [1.29, 1.82) is 0 Å². The van der Waals surface area contributed by atoms with Gasteiger partial charge in [-0.05, 0) is 62.1 Å². The van der Waals surface area contributed by atoms with Crippen LogP contribution in [0.5, 0.6) is 0 Å². The molecular weight excluding hydrogens is 352 g/mol. The fourth-order valence-electron chi connectivity index (χ4n) is 3.23. The smallest absolute Gasteiger partial charge is 0.293 e. The molecule has 1 amide bonds. The van der Waals surface area contributed by atoms with Gasteiger partial charge in [-0.25, -0.2) is 8.42 Å². The lowest BCUT2D eigenvalue weighted by molar-refractivity contribution is 0.0961. The van der Waals surface area contributed by atoms with Crippen LogP contribution in [0, 0.1) is 13.8 Å². The third-order valence-corrected chi connectivity index (χ3v) is 6.37. The molecule has 3 rings (SSSR count). The van der Waals surface area contributed by atoms with Gasteiger partial charge in [-0.15, -0.1) is 0 Å². The van der Waals surface area contributed by atoms with E-state index in [2.05, 4.69) is 0 Å². The van der Waals surface area contributed by atoms with Crippen molar-refractivity contribution >= 4 is 21.6 Å². The number of anilines is 1. The number of sulfonamides is 1. The molecule has 0 atom stereocenters. The van der Waals surface area contributed by atoms with Crippen molar-refractivity contribution in [3.8, 4) is 0 Å². The molecule has 2 heterocycles. The van der Waals surface area contributed by atoms with E-state index in [4.69, 9.17) is 4.42 Å². The van der Waals surface area contributed by atoms with E-state index in [1.165, 1.54) is 21.3 Å². The first kappa shape index (κ1) is 18.7. The van der Waals surface area contributed by atoms with Crippen molar-refractivity contribution in [2.45, 2.75) is 38.2 Å². The number of hydrogen-bond acceptors (Lipinski definition) is 4. The lowest BCUT2D eigenvalue weighted by Crippen LogP contribution is -2.35. The van der Waals surface area contributed by atoms with Gasteiger partial charge in [-0.3, -0.25) is 4.79 Å². The van der Waals surface area contributed by atoms with Crippen LogP contribution >= 0.6 is 0 Å². The van der Waals surface area contributed by atoms with E-state index >= 15 is 0 Å². The Labute approximate surface area is 154 Å². The minimum Gasteiger partial charge on any atom is -0.438 e. The molecule has 2 aromatic rings. The summed E-state index contributed by atoms with van der Waals surface area (Å²) in [6.45, 7) is 4.92. The number of carbonyl (C=O) groups excluding carboxylic acids is 1. The zero-order valence-corrected chi connectivity index (χ0v) is 16.2. The Bertz CT molecular complexity index is 891. The number of furan rings is 1. The summed E-state index contributed by atoms with van der Waals surface area (Å²) >= 11 is 0. The summed E-state index contributed by atoms with van der Waals surface area (Å²) in [7, 11) is -2.03. The number of amides is 1. The second kappa shape index (κ2) is 7.25. The predicted molar refractivity (Wildman–Crippen MR) is 100.0 cm³/mol. The predicted octanol–water partition coefficient (Wildman–Crippen LogP) is 3.35. The fraction of sp³-hybridized carbons (Fsp3) is 0.421. The van der Waals surface area contributed by atoms with Gasteiger partial charge in [0, 0.05) is 25.8 Å². The topological polar surface area (TPSA) is 70.8 Å². The molecule has 1 aromatic carbocycles. The molecule has 0 aliphatic carbocycles. The van der Waals surface area contributed by atoms with Crippen LogP contribution in [-0.4, -0.2) is 38.8 Å². The van der Waals surface area contributed by atoms with Crippen LogP contribution in [-0.2, 0) is 10.0 Å². The quantitative estimate of drug-likeness (QED) is 0.820. The van der Waals surface area contributed by atoms with Crippen molar-refractivity contribution < 1.29 is 17.6 Å². The summed E-state index contributed by atoms with van der Waals surface area (Å²) in [5, 5.41) is -0.170. The van der Waals surface area contributed by atoms with Crippen LogP contribution in [0.2, 0.25) is 0 Å². The molecule has 0 bridgehead atoms. The van der Waals surface area contributed by atoms with Crippen LogP contribution in [0.4, 0.5) is 5.69 Å². The average Bonchev–Trinajstić information content (AvgIpc) is 3.11. The molecule has 1 aromatic heterocycles. The summed E-state index contributed by atoms with van der Waals surface area (Å²) < 4.78 is 32.2. The molecule has 0 spiro atoms. The van der Waals surface area contributed by atoms with Crippen LogP contribution in [0.25, 0.3) is 0 Å². The maximum absolute atomic E-state index is 12.7. The van der Waals surface area contributed by atoms with Crippen LogP contribution in [0.3, 0.4) is 0 Å². The van der Waals surface area contributed by atoms with Crippen LogP contribution < -0.4 is 4.90 Å². The number of benzene rings is 1. The Morgan fingerprint density at radius 1 is 1.04 bits per heavy atom. The van der Waals surface area contributed by atoms with Crippen molar-refractivity contribution in [1.82, 2.24) is 4.31 Å². The number of aryl methyl sites for hydroxylation is 2. The molecule has 140 valence electrons. The molecule has 0 unspecified atom stereocenters. The lowest BCUT2D eigenvalue weighted by Gasteiger charge is -2.24. The first-order valence-electron chi connectivity index (χ1n) is 8.75. The SMILES string of the molecule is Cc1cc(C)cc(N(C)C(=O)c2ccc(S(=O)(=O)N3CCCCC3)o2)c1. The maximum atomic E-state index is 12.7. The van der Waals surface area contributed by atoms with Crippen molar-refractivity contribution in [3.05, 3.63) is 47.2 Å². The number of rotatable bonds is 4. The first-order chi connectivity index (χ1) is 12.3. The van der Waals surface area contributed by atoms with Gasteiger partial charge in [0.05, 0.1) is 0 Å². The zero-order valence-electron chi connectivity index (χ0n) is 15.4. The minimum absolute atomic E-state index is 0.0160. The normalized spacial score (nSPS) is 15.8. The van der Waals surface area contributed by atoms with Gasteiger partial charge >= 0.3 is 0 Å². The molecule has 1 aliphatic heterocycles. The third kappa shape index (κ3) is 3.68. The van der Waals surface area contributed by atoms with E-state index in [0.29, 0.717) is 13.1 Å². The highest BCUT2D eigenvalue weighted by Gasteiger charge is 2.30. The summed E-state index contributed by atoms with van der Waals surface area (Å²) in [5.74, 6) is -0.364. The van der Waals surface area contributed by atoms with Gasteiger partial charge in [0.25, 0.3) is 15.9 Å². The van der Waals surface area contributed by atoms with Crippen molar-refractivity contribution in [3.63, 3.8) is 0 Å². The third-order valence-electron chi connectivity index (χ3n) is 4.60. The van der Waals surface area contributed by atoms with Gasteiger partial charge < -0.3 is 9.32 Å². The second-order valence-corrected chi connectivity index (χ2v) is 8.66. The monoisotopic (exact) mass is 376 g/mol.